The highest BCUT2D eigenvalue weighted by Gasteiger charge is 2.14. The van der Waals surface area contributed by atoms with E-state index >= 15 is 0 Å². The molecule has 0 unspecified atom stereocenters. The van der Waals surface area contributed by atoms with E-state index in [-0.39, 0.29) is 6.61 Å². The lowest BCUT2D eigenvalue weighted by atomic mass is 10.0. The number of esters is 1. The van der Waals surface area contributed by atoms with Gasteiger partial charge in [0.05, 0.1) is 18.4 Å². The highest BCUT2D eigenvalue weighted by molar-refractivity contribution is 9.10. The molecule has 0 aromatic heterocycles. The molecule has 8 heteroatoms. The van der Waals surface area contributed by atoms with Gasteiger partial charge in [0.2, 0.25) is 0 Å². The number of halogens is 1. The maximum Gasteiger partial charge on any atom is 0.343 e. The largest absolute Gasteiger partial charge is 0.494 e. The predicted molar refractivity (Wildman–Crippen MR) is 142 cm³/mol. The van der Waals surface area contributed by atoms with Gasteiger partial charge < -0.3 is 14.2 Å². The predicted octanol–water partition coefficient (Wildman–Crippen LogP) is 5.75. The van der Waals surface area contributed by atoms with Crippen LogP contribution in [0.5, 0.6) is 17.2 Å². The Labute approximate surface area is 216 Å². The third-order valence-electron chi connectivity index (χ3n) is 5.10. The van der Waals surface area contributed by atoms with Crippen molar-refractivity contribution in [3.05, 3.63) is 101 Å². The van der Waals surface area contributed by atoms with Gasteiger partial charge in [0, 0.05) is 10.0 Å². The van der Waals surface area contributed by atoms with E-state index in [1.807, 2.05) is 49.4 Å². The smallest absolute Gasteiger partial charge is 0.343 e. The number of nitrogens with one attached hydrogen (secondary N) is 1. The summed E-state index contributed by atoms with van der Waals surface area (Å²) >= 11 is 3.35. The van der Waals surface area contributed by atoms with Gasteiger partial charge in [-0.15, -0.1) is 0 Å². The first kappa shape index (κ1) is 24.9. The van der Waals surface area contributed by atoms with Crippen molar-refractivity contribution in [1.82, 2.24) is 5.43 Å². The maximum absolute atomic E-state index is 12.8. The zero-order chi connectivity index (χ0) is 25.3. The summed E-state index contributed by atoms with van der Waals surface area (Å²) in [6.45, 7) is 2.23. The van der Waals surface area contributed by atoms with Crippen LogP contribution >= 0.6 is 15.9 Å². The van der Waals surface area contributed by atoms with Crippen molar-refractivity contribution in [1.29, 1.82) is 0 Å². The molecule has 0 spiro atoms. The third kappa shape index (κ3) is 6.49. The number of amides is 1. The minimum atomic E-state index is -0.519. The number of carbonyl (C=O) groups excluding carboxylic acids is 2. The van der Waals surface area contributed by atoms with E-state index in [1.54, 1.807) is 42.5 Å². The Morgan fingerprint density at radius 2 is 1.58 bits per heavy atom. The molecule has 182 valence electrons. The second kappa shape index (κ2) is 12.0. The van der Waals surface area contributed by atoms with Gasteiger partial charge in [-0.05, 0) is 72.3 Å². The highest BCUT2D eigenvalue weighted by Crippen LogP contribution is 2.27. The van der Waals surface area contributed by atoms with Crippen LogP contribution in [0.1, 0.15) is 22.8 Å². The molecule has 1 amide bonds. The molecule has 36 heavy (non-hydrogen) atoms. The van der Waals surface area contributed by atoms with Gasteiger partial charge >= 0.3 is 5.97 Å². The lowest BCUT2D eigenvalue weighted by Gasteiger charge is -2.11. The Balaban J connectivity index is 1.48. The minimum Gasteiger partial charge on any atom is -0.494 e. The molecule has 0 aliphatic heterocycles. The van der Waals surface area contributed by atoms with E-state index < -0.39 is 11.9 Å². The third-order valence-corrected chi connectivity index (χ3v) is 5.63. The van der Waals surface area contributed by atoms with Crippen molar-refractivity contribution in [2.45, 2.75) is 6.92 Å². The number of hydrogen-bond acceptors (Lipinski definition) is 6. The van der Waals surface area contributed by atoms with Gasteiger partial charge in [0.25, 0.3) is 5.91 Å². The molecule has 0 fully saturated rings. The van der Waals surface area contributed by atoms with Crippen molar-refractivity contribution < 1.29 is 23.8 Å². The van der Waals surface area contributed by atoms with E-state index in [0.717, 1.165) is 15.2 Å². The fraction of sp³-hybridized carbons (Fsp3) is 0.107. The van der Waals surface area contributed by atoms with Gasteiger partial charge in [0.15, 0.2) is 6.61 Å². The average molecular weight is 547 g/mol. The monoisotopic (exact) mass is 546 g/mol. The molecule has 0 atom stereocenters. The number of hydrogen-bond donors (Lipinski definition) is 1. The molecule has 4 rings (SSSR count). The number of benzene rings is 4. The normalized spacial score (nSPS) is 10.8. The van der Waals surface area contributed by atoms with Crippen LogP contribution in [0.25, 0.3) is 10.8 Å². The van der Waals surface area contributed by atoms with Crippen molar-refractivity contribution in [2.24, 2.45) is 5.10 Å². The lowest BCUT2D eigenvalue weighted by Crippen LogP contribution is -2.24. The van der Waals surface area contributed by atoms with Crippen molar-refractivity contribution >= 4 is 44.8 Å². The zero-order valence-electron chi connectivity index (χ0n) is 19.4. The van der Waals surface area contributed by atoms with E-state index in [9.17, 15) is 9.59 Å². The highest BCUT2D eigenvalue weighted by atomic mass is 79.9. The van der Waals surface area contributed by atoms with Crippen LogP contribution in [0.4, 0.5) is 0 Å². The molecule has 0 saturated carbocycles. The first-order valence-corrected chi connectivity index (χ1v) is 12.0. The summed E-state index contributed by atoms with van der Waals surface area (Å²) in [6.07, 6.45) is 1.46. The Hall–Kier alpha value is -4.17. The molecule has 0 aliphatic rings. The van der Waals surface area contributed by atoms with E-state index in [0.29, 0.717) is 35.0 Å². The summed E-state index contributed by atoms with van der Waals surface area (Å²) in [4.78, 5) is 25.0. The van der Waals surface area contributed by atoms with E-state index in [2.05, 4.69) is 26.5 Å². The molecule has 7 nitrogen and oxygen atoms in total. The Morgan fingerprint density at radius 3 is 2.33 bits per heavy atom. The molecular formula is C28H23BrN2O5. The van der Waals surface area contributed by atoms with Gasteiger partial charge in [-0.1, -0.05) is 46.3 Å². The standard InChI is InChI=1S/C28H23BrN2O5/c1-2-34-22-12-7-20(8-13-22)28(33)36-26-16-9-19-5-3-4-6-24(19)25(26)17-30-31-27(32)18-35-23-14-10-21(29)11-15-23/h3-17H,2,18H2,1H3,(H,31,32)/b30-17-. The molecule has 4 aromatic carbocycles. The second-order valence-electron chi connectivity index (χ2n) is 7.58. The van der Waals surface area contributed by atoms with Crippen molar-refractivity contribution in [3.8, 4) is 17.2 Å². The molecule has 0 aliphatic carbocycles. The fourth-order valence-corrected chi connectivity index (χ4v) is 3.66. The van der Waals surface area contributed by atoms with Crippen molar-refractivity contribution in [2.75, 3.05) is 13.2 Å². The summed E-state index contributed by atoms with van der Waals surface area (Å²) in [7, 11) is 0. The Bertz CT molecular complexity index is 1390. The number of rotatable bonds is 9. The molecule has 0 heterocycles. The van der Waals surface area contributed by atoms with E-state index in [1.165, 1.54) is 6.21 Å². The fourth-order valence-electron chi connectivity index (χ4n) is 3.39. The zero-order valence-corrected chi connectivity index (χ0v) is 21.0. The topological polar surface area (TPSA) is 86.2 Å². The van der Waals surface area contributed by atoms with Gasteiger partial charge in [-0.3, -0.25) is 4.79 Å². The van der Waals surface area contributed by atoms with Crippen LogP contribution in [0, 0.1) is 0 Å². The number of fused-ring (bicyclic) bond motifs is 1. The number of nitrogens with zero attached hydrogens (tertiary/aromatic N) is 1. The summed E-state index contributed by atoms with van der Waals surface area (Å²) in [6, 6.07) is 25.1. The van der Waals surface area contributed by atoms with Crippen molar-refractivity contribution in [3.63, 3.8) is 0 Å². The molecule has 0 bridgehead atoms. The summed E-state index contributed by atoms with van der Waals surface area (Å²) in [5.74, 6) is 0.608. The summed E-state index contributed by atoms with van der Waals surface area (Å²) < 4.78 is 17.5. The van der Waals surface area contributed by atoms with E-state index in [4.69, 9.17) is 14.2 Å². The Morgan fingerprint density at radius 1 is 0.889 bits per heavy atom. The summed E-state index contributed by atoms with van der Waals surface area (Å²) in [5, 5.41) is 5.82. The first-order valence-electron chi connectivity index (χ1n) is 11.2. The van der Waals surface area contributed by atoms with Crippen LogP contribution in [-0.4, -0.2) is 31.3 Å². The van der Waals surface area contributed by atoms with Gasteiger partial charge in [-0.25, -0.2) is 10.2 Å². The van der Waals surface area contributed by atoms with Crippen LogP contribution in [0.3, 0.4) is 0 Å². The quantitative estimate of drug-likeness (QED) is 0.125. The maximum atomic E-state index is 12.8. The number of carbonyl (C=O) groups is 2. The molecule has 0 saturated heterocycles. The van der Waals surface area contributed by atoms with Crippen LogP contribution < -0.4 is 19.6 Å². The molecule has 0 radical (unpaired) electrons. The number of hydrazone groups is 1. The van der Waals surface area contributed by atoms with Crippen LogP contribution in [0.2, 0.25) is 0 Å². The summed E-state index contributed by atoms with van der Waals surface area (Å²) in [5.41, 5.74) is 3.39. The average Bonchev–Trinajstić information content (AvgIpc) is 2.90. The SMILES string of the molecule is CCOc1ccc(C(=O)Oc2ccc3ccccc3c2/C=N\NC(=O)COc2ccc(Br)cc2)cc1. The van der Waals surface area contributed by atoms with Crippen LogP contribution in [-0.2, 0) is 4.79 Å². The van der Waals surface area contributed by atoms with Crippen LogP contribution in [0.15, 0.2) is 94.5 Å². The second-order valence-corrected chi connectivity index (χ2v) is 8.50. The molecule has 4 aromatic rings. The lowest BCUT2D eigenvalue weighted by molar-refractivity contribution is -0.123. The van der Waals surface area contributed by atoms with Gasteiger partial charge in [0.1, 0.15) is 17.2 Å². The minimum absolute atomic E-state index is 0.200. The Kier molecular flexibility index (Phi) is 8.31. The van der Waals surface area contributed by atoms with Gasteiger partial charge in [-0.2, -0.15) is 5.10 Å². The molecule has 1 N–H and O–H groups in total. The first-order chi connectivity index (χ1) is 17.5. The molecular weight excluding hydrogens is 524 g/mol. The number of ether oxygens (including phenoxy) is 3.